The summed E-state index contributed by atoms with van der Waals surface area (Å²) in [6, 6.07) is 4.81. The van der Waals surface area contributed by atoms with Crippen molar-refractivity contribution in [2.45, 2.75) is 38.3 Å². The first-order chi connectivity index (χ1) is 10.1. The van der Waals surface area contributed by atoms with Gasteiger partial charge in [-0.05, 0) is 31.0 Å². The van der Waals surface area contributed by atoms with Gasteiger partial charge >= 0.3 is 5.97 Å². The van der Waals surface area contributed by atoms with Gasteiger partial charge in [0, 0.05) is 18.2 Å². The van der Waals surface area contributed by atoms with E-state index < -0.39 is 0 Å². The molecule has 1 aliphatic carbocycles. The second kappa shape index (κ2) is 7.41. The molecule has 21 heavy (non-hydrogen) atoms. The molecule has 2 rings (SSSR count). The van der Waals surface area contributed by atoms with E-state index in [4.69, 9.17) is 9.47 Å². The number of benzene rings is 1. The Bertz CT molecular complexity index is 486. The normalized spacial score (nSPS) is 15.4. The Morgan fingerprint density at radius 3 is 2.67 bits per heavy atom. The molecule has 4 nitrogen and oxygen atoms in total. The van der Waals surface area contributed by atoms with E-state index in [2.05, 4.69) is 4.90 Å². The van der Waals surface area contributed by atoms with Gasteiger partial charge in [-0.2, -0.15) is 0 Å². The summed E-state index contributed by atoms with van der Waals surface area (Å²) in [4.78, 5) is 13.7. The van der Waals surface area contributed by atoms with Gasteiger partial charge in [-0.25, -0.2) is 4.39 Å². The summed E-state index contributed by atoms with van der Waals surface area (Å²) >= 11 is 0. The molecule has 0 aromatic heterocycles. The molecule has 0 saturated heterocycles. The third-order valence-electron chi connectivity index (χ3n) is 4.02. The lowest BCUT2D eigenvalue weighted by Crippen LogP contribution is -2.37. The fourth-order valence-electron chi connectivity index (χ4n) is 2.90. The maximum atomic E-state index is 13.5. The SMILES string of the molecule is COC(=O)CN(Cc1cc(F)ccc1OC)C1CCCC1. The van der Waals surface area contributed by atoms with Crippen molar-refractivity contribution in [1.29, 1.82) is 0 Å². The highest BCUT2D eigenvalue weighted by Gasteiger charge is 2.25. The van der Waals surface area contributed by atoms with Crippen LogP contribution >= 0.6 is 0 Å². The zero-order valence-electron chi connectivity index (χ0n) is 12.6. The Labute approximate surface area is 124 Å². The first-order valence-corrected chi connectivity index (χ1v) is 7.27. The summed E-state index contributed by atoms with van der Waals surface area (Å²) in [5.74, 6) is 0.0803. The number of esters is 1. The van der Waals surface area contributed by atoms with E-state index in [-0.39, 0.29) is 18.3 Å². The highest BCUT2D eigenvalue weighted by atomic mass is 19.1. The number of ether oxygens (including phenoxy) is 2. The molecule has 0 unspecified atom stereocenters. The largest absolute Gasteiger partial charge is 0.496 e. The van der Waals surface area contributed by atoms with Gasteiger partial charge in [0.2, 0.25) is 0 Å². The van der Waals surface area contributed by atoms with Crippen molar-refractivity contribution in [3.8, 4) is 5.75 Å². The number of hydrogen-bond acceptors (Lipinski definition) is 4. The molecule has 1 aliphatic rings. The fourth-order valence-corrected chi connectivity index (χ4v) is 2.90. The number of carbonyl (C=O) groups excluding carboxylic acids is 1. The average Bonchev–Trinajstić information content (AvgIpc) is 3.01. The van der Waals surface area contributed by atoms with E-state index >= 15 is 0 Å². The van der Waals surface area contributed by atoms with Crippen LogP contribution < -0.4 is 4.74 Å². The van der Waals surface area contributed by atoms with Crippen LogP contribution in [0.25, 0.3) is 0 Å². The number of rotatable bonds is 6. The summed E-state index contributed by atoms with van der Waals surface area (Å²) in [5.41, 5.74) is 0.758. The molecule has 1 saturated carbocycles. The van der Waals surface area contributed by atoms with Gasteiger partial charge in [0.15, 0.2) is 0 Å². The average molecular weight is 295 g/mol. The minimum Gasteiger partial charge on any atom is -0.496 e. The van der Waals surface area contributed by atoms with E-state index in [0.717, 1.165) is 18.4 Å². The molecule has 0 amide bonds. The van der Waals surface area contributed by atoms with Gasteiger partial charge in [-0.1, -0.05) is 12.8 Å². The van der Waals surface area contributed by atoms with Crippen LogP contribution in [0.4, 0.5) is 4.39 Å². The predicted octanol–water partition coefficient (Wildman–Crippen LogP) is 2.75. The summed E-state index contributed by atoms with van der Waals surface area (Å²) < 4.78 is 23.5. The van der Waals surface area contributed by atoms with Gasteiger partial charge in [-0.15, -0.1) is 0 Å². The maximum absolute atomic E-state index is 13.5. The summed E-state index contributed by atoms with van der Waals surface area (Å²) in [7, 11) is 2.95. The van der Waals surface area contributed by atoms with Gasteiger partial charge in [0.05, 0.1) is 20.8 Å². The Balaban J connectivity index is 2.17. The number of nitrogens with zero attached hydrogens (tertiary/aromatic N) is 1. The first kappa shape index (κ1) is 15.8. The zero-order chi connectivity index (χ0) is 15.2. The maximum Gasteiger partial charge on any atom is 0.319 e. The molecule has 1 fully saturated rings. The first-order valence-electron chi connectivity index (χ1n) is 7.27. The van der Waals surface area contributed by atoms with Gasteiger partial charge in [-0.3, -0.25) is 9.69 Å². The molecule has 0 radical (unpaired) electrons. The smallest absolute Gasteiger partial charge is 0.319 e. The number of halogens is 1. The van der Waals surface area contributed by atoms with Crippen molar-refractivity contribution in [3.63, 3.8) is 0 Å². The second-order valence-corrected chi connectivity index (χ2v) is 5.38. The predicted molar refractivity (Wildman–Crippen MR) is 77.6 cm³/mol. The van der Waals surface area contributed by atoms with Crippen LogP contribution in [0.15, 0.2) is 18.2 Å². The molecule has 0 bridgehead atoms. The van der Waals surface area contributed by atoms with Crippen LogP contribution in [0.5, 0.6) is 5.75 Å². The van der Waals surface area contributed by atoms with Gasteiger partial charge in [0.25, 0.3) is 0 Å². The second-order valence-electron chi connectivity index (χ2n) is 5.38. The summed E-state index contributed by atoms with van der Waals surface area (Å²) in [6.07, 6.45) is 4.47. The van der Waals surface area contributed by atoms with Gasteiger partial charge in [0.1, 0.15) is 11.6 Å². The zero-order valence-corrected chi connectivity index (χ0v) is 12.6. The molecule has 0 spiro atoms. The highest BCUT2D eigenvalue weighted by Crippen LogP contribution is 2.27. The van der Waals surface area contributed by atoms with Crippen LogP contribution in [-0.2, 0) is 16.1 Å². The highest BCUT2D eigenvalue weighted by molar-refractivity contribution is 5.71. The van der Waals surface area contributed by atoms with Crippen molar-refractivity contribution >= 4 is 5.97 Å². The van der Waals surface area contributed by atoms with Crippen LogP contribution in [0.3, 0.4) is 0 Å². The molecule has 1 aromatic carbocycles. The lowest BCUT2D eigenvalue weighted by atomic mass is 10.1. The van der Waals surface area contributed by atoms with Crippen molar-refractivity contribution in [2.75, 3.05) is 20.8 Å². The monoisotopic (exact) mass is 295 g/mol. The van der Waals surface area contributed by atoms with Crippen LogP contribution in [0.2, 0.25) is 0 Å². The van der Waals surface area contributed by atoms with Crippen LogP contribution in [-0.4, -0.2) is 37.7 Å². The molecule has 0 aliphatic heterocycles. The number of carbonyl (C=O) groups is 1. The quantitative estimate of drug-likeness (QED) is 0.757. The molecule has 0 atom stereocenters. The Hall–Kier alpha value is -1.62. The minimum absolute atomic E-state index is 0.223. The van der Waals surface area contributed by atoms with Crippen LogP contribution in [0, 0.1) is 5.82 Å². The number of methoxy groups -OCH3 is 2. The van der Waals surface area contributed by atoms with Crippen LogP contribution in [0.1, 0.15) is 31.2 Å². The Kier molecular flexibility index (Phi) is 5.56. The van der Waals surface area contributed by atoms with E-state index in [0.29, 0.717) is 18.3 Å². The standard InChI is InChI=1S/C16H22FNO3/c1-20-15-8-7-13(17)9-12(15)10-18(11-16(19)21-2)14-5-3-4-6-14/h7-9,14H,3-6,10-11H2,1-2H3. The summed E-state index contributed by atoms with van der Waals surface area (Å²) in [6.45, 7) is 0.710. The van der Waals surface area contributed by atoms with E-state index in [9.17, 15) is 9.18 Å². The Morgan fingerprint density at radius 1 is 1.33 bits per heavy atom. The third-order valence-corrected chi connectivity index (χ3v) is 4.02. The van der Waals surface area contributed by atoms with E-state index in [1.807, 2.05) is 0 Å². The Morgan fingerprint density at radius 2 is 2.05 bits per heavy atom. The molecular weight excluding hydrogens is 273 g/mol. The molecule has 5 heteroatoms. The lowest BCUT2D eigenvalue weighted by Gasteiger charge is -2.28. The van der Waals surface area contributed by atoms with Gasteiger partial charge < -0.3 is 9.47 Å². The molecule has 0 heterocycles. The van der Waals surface area contributed by atoms with Crippen molar-refractivity contribution in [1.82, 2.24) is 4.90 Å². The molecule has 1 aromatic rings. The third kappa shape index (κ3) is 4.17. The molecule has 0 N–H and O–H groups in total. The van der Waals surface area contributed by atoms with Crippen molar-refractivity contribution in [2.24, 2.45) is 0 Å². The fraction of sp³-hybridized carbons (Fsp3) is 0.562. The van der Waals surface area contributed by atoms with Crippen molar-refractivity contribution in [3.05, 3.63) is 29.6 Å². The number of hydrogen-bond donors (Lipinski definition) is 0. The topological polar surface area (TPSA) is 38.8 Å². The lowest BCUT2D eigenvalue weighted by molar-refractivity contribution is -0.142. The molecular formula is C16H22FNO3. The summed E-state index contributed by atoms with van der Waals surface area (Å²) in [5, 5.41) is 0. The molecule has 116 valence electrons. The van der Waals surface area contributed by atoms with E-state index in [1.165, 1.54) is 32.1 Å². The van der Waals surface area contributed by atoms with Crippen molar-refractivity contribution < 1.29 is 18.7 Å². The minimum atomic E-state index is -0.296. The van der Waals surface area contributed by atoms with E-state index in [1.54, 1.807) is 13.2 Å².